The van der Waals surface area contributed by atoms with Crippen molar-refractivity contribution < 1.29 is 26.4 Å². The number of nitrogens with one attached hydrogen (secondary N) is 2. The molecule has 0 amide bonds. The summed E-state index contributed by atoms with van der Waals surface area (Å²) < 4.78 is 56.4. The molecule has 2 aromatic carbocycles. The molecule has 0 saturated carbocycles. The molecular formula is C19H24Cl2N4O6S2. The second-order valence-electron chi connectivity index (χ2n) is 6.89. The predicted molar refractivity (Wildman–Crippen MR) is 123 cm³/mol. The average molecular weight is 539 g/mol. The molecular weight excluding hydrogens is 515 g/mol. The van der Waals surface area contributed by atoms with Crippen molar-refractivity contribution in [2.24, 2.45) is 0 Å². The van der Waals surface area contributed by atoms with Gasteiger partial charge in [-0.25, -0.2) is 27.7 Å². The van der Waals surface area contributed by atoms with Gasteiger partial charge in [0.25, 0.3) is 20.0 Å². The van der Waals surface area contributed by atoms with Crippen molar-refractivity contribution >= 4 is 49.6 Å². The minimum atomic E-state index is -4.24. The maximum absolute atomic E-state index is 12.7. The molecule has 0 saturated heterocycles. The zero-order chi connectivity index (χ0) is 24.8. The van der Waals surface area contributed by atoms with E-state index in [9.17, 15) is 21.6 Å². The molecule has 0 aromatic heterocycles. The standard InChI is InChI=1S/C19H24Cl2N4O6S2/c1-4-31-19(26)13-18(22-24(20)32(27,28)16-9-5-14(2)6-10-16)23-25(21)33(29,30)17-11-7-15(3)8-12-17/h5-12,18,22-23H,4,13H2,1-3H3. The number of carbonyl (C=O) groups excluding carboxylic acids is 1. The van der Waals surface area contributed by atoms with Gasteiger partial charge in [0.05, 0.1) is 29.0 Å². The van der Waals surface area contributed by atoms with Gasteiger partial charge in [-0.3, -0.25) is 4.79 Å². The van der Waals surface area contributed by atoms with Crippen LogP contribution in [0.15, 0.2) is 58.3 Å². The van der Waals surface area contributed by atoms with E-state index in [0.29, 0.717) is 0 Å². The lowest BCUT2D eigenvalue weighted by molar-refractivity contribution is -0.144. The molecule has 0 spiro atoms. The summed E-state index contributed by atoms with van der Waals surface area (Å²) in [7, 11) is -8.49. The van der Waals surface area contributed by atoms with Crippen LogP contribution in [0.4, 0.5) is 0 Å². The second kappa shape index (κ2) is 11.6. The van der Waals surface area contributed by atoms with E-state index in [1.165, 1.54) is 24.3 Å². The van der Waals surface area contributed by atoms with Gasteiger partial charge >= 0.3 is 5.97 Å². The summed E-state index contributed by atoms with van der Waals surface area (Å²) in [5.74, 6) is -0.752. The summed E-state index contributed by atoms with van der Waals surface area (Å²) in [6.07, 6.45) is -1.88. The third kappa shape index (κ3) is 7.36. The molecule has 33 heavy (non-hydrogen) atoms. The van der Waals surface area contributed by atoms with Crippen LogP contribution in [0.1, 0.15) is 24.5 Å². The Bertz CT molecular complexity index is 1080. The summed E-state index contributed by atoms with van der Waals surface area (Å²) >= 11 is 11.9. The Morgan fingerprint density at radius 3 is 1.55 bits per heavy atom. The minimum absolute atomic E-state index is 0.0596. The Kier molecular flexibility index (Phi) is 9.64. The molecule has 0 radical (unpaired) electrons. The van der Waals surface area contributed by atoms with Crippen LogP contribution in [-0.4, -0.2) is 43.4 Å². The molecule has 0 aliphatic carbocycles. The Morgan fingerprint density at radius 1 is 0.848 bits per heavy atom. The van der Waals surface area contributed by atoms with Gasteiger partial charge < -0.3 is 4.74 Å². The minimum Gasteiger partial charge on any atom is -0.466 e. The number of carbonyl (C=O) groups is 1. The molecule has 0 fully saturated rings. The van der Waals surface area contributed by atoms with E-state index < -0.39 is 38.6 Å². The van der Waals surface area contributed by atoms with E-state index in [0.717, 1.165) is 11.1 Å². The average Bonchev–Trinajstić information content (AvgIpc) is 2.74. The van der Waals surface area contributed by atoms with E-state index in [2.05, 4.69) is 10.9 Å². The number of aryl methyl sites for hydroxylation is 2. The lowest BCUT2D eigenvalue weighted by Gasteiger charge is -2.26. The number of nitrogens with zero attached hydrogens (tertiary/aromatic N) is 2. The smallest absolute Gasteiger partial charge is 0.308 e. The molecule has 0 aliphatic heterocycles. The first kappa shape index (κ1) is 27.5. The zero-order valence-corrected chi connectivity index (χ0v) is 21.2. The van der Waals surface area contributed by atoms with Gasteiger partial charge in [0.2, 0.25) is 0 Å². The highest BCUT2D eigenvalue weighted by Gasteiger charge is 2.31. The Morgan fingerprint density at radius 2 is 1.21 bits per heavy atom. The van der Waals surface area contributed by atoms with Crippen LogP contribution in [0.3, 0.4) is 0 Å². The Labute approximate surface area is 203 Å². The second-order valence-corrected chi connectivity index (χ2v) is 11.5. The largest absolute Gasteiger partial charge is 0.466 e. The van der Waals surface area contributed by atoms with E-state index in [4.69, 9.17) is 28.3 Å². The van der Waals surface area contributed by atoms with Gasteiger partial charge in [0.1, 0.15) is 0 Å². The third-order valence-corrected chi connectivity index (χ3v) is 8.33. The summed E-state index contributed by atoms with van der Waals surface area (Å²) in [6, 6.07) is 11.7. The van der Waals surface area contributed by atoms with Crippen molar-refractivity contribution in [2.75, 3.05) is 6.61 Å². The van der Waals surface area contributed by atoms with Crippen LogP contribution in [0.5, 0.6) is 0 Å². The van der Waals surface area contributed by atoms with Crippen LogP contribution in [0, 0.1) is 13.8 Å². The van der Waals surface area contributed by atoms with Crippen LogP contribution in [-0.2, 0) is 29.6 Å². The highest BCUT2D eigenvalue weighted by atomic mass is 35.5. The molecule has 0 atom stereocenters. The number of ether oxygens (including phenoxy) is 1. The first-order chi connectivity index (χ1) is 15.4. The number of halogens is 2. The molecule has 2 aromatic rings. The first-order valence-electron chi connectivity index (χ1n) is 9.61. The molecule has 10 nitrogen and oxygen atoms in total. The van der Waals surface area contributed by atoms with Crippen LogP contribution < -0.4 is 10.9 Å². The molecule has 14 heteroatoms. The molecule has 0 bridgehead atoms. The van der Waals surface area contributed by atoms with Crippen LogP contribution >= 0.6 is 23.6 Å². The molecule has 0 aliphatic rings. The fourth-order valence-electron chi connectivity index (χ4n) is 2.50. The fourth-order valence-corrected chi connectivity index (χ4v) is 5.07. The number of rotatable bonds is 11. The van der Waals surface area contributed by atoms with Crippen LogP contribution in [0.2, 0.25) is 0 Å². The number of hydrogen-bond acceptors (Lipinski definition) is 8. The van der Waals surface area contributed by atoms with Crippen molar-refractivity contribution in [3.63, 3.8) is 0 Å². The van der Waals surface area contributed by atoms with Gasteiger partial charge in [0, 0.05) is 23.6 Å². The van der Waals surface area contributed by atoms with Crippen molar-refractivity contribution in [3.8, 4) is 0 Å². The van der Waals surface area contributed by atoms with E-state index in [-0.39, 0.29) is 24.3 Å². The van der Waals surface area contributed by atoms with Gasteiger partial charge in [-0.15, -0.1) is 0 Å². The molecule has 0 unspecified atom stereocenters. The predicted octanol–water partition coefficient (Wildman–Crippen LogP) is 2.58. The maximum Gasteiger partial charge on any atom is 0.308 e. The number of sulfonamides is 2. The number of esters is 1. The zero-order valence-electron chi connectivity index (χ0n) is 18.0. The van der Waals surface area contributed by atoms with Crippen molar-refractivity contribution in [3.05, 3.63) is 59.7 Å². The Hall–Kier alpha value is -1.77. The number of benzene rings is 2. The normalized spacial score (nSPS) is 12.5. The monoisotopic (exact) mass is 538 g/mol. The number of hydrazine groups is 2. The van der Waals surface area contributed by atoms with Crippen LogP contribution in [0.25, 0.3) is 0 Å². The van der Waals surface area contributed by atoms with Crippen molar-refractivity contribution in [1.82, 2.24) is 18.7 Å². The third-order valence-electron chi connectivity index (χ3n) is 4.25. The molecule has 182 valence electrons. The topological polar surface area (TPSA) is 125 Å². The van der Waals surface area contributed by atoms with Gasteiger partial charge in [-0.2, -0.15) is 0 Å². The van der Waals surface area contributed by atoms with E-state index >= 15 is 0 Å². The SMILES string of the molecule is CCOC(=O)CC(NN(Cl)S(=O)(=O)c1ccc(C)cc1)NN(Cl)S(=O)(=O)c1ccc(C)cc1. The summed E-state index contributed by atoms with van der Waals surface area (Å²) in [5.41, 5.74) is 6.34. The summed E-state index contributed by atoms with van der Waals surface area (Å²) in [6.45, 7) is 5.22. The molecule has 2 N–H and O–H groups in total. The number of hydrogen-bond donors (Lipinski definition) is 2. The van der Waals surface area contributed by atoms with Crippen molar-refractivity contribution in [1.29, 1.82) is 0 Å². The van der Waals surface area contributed by atoms with E-state index in [1.807, 2.05) is 0 Å². The quantitative estimate of drug-likeness (QED) is 0.193. The summed E-state index contributed by atoms with van der Waals surface area (Å²) in [5, 5.41) is 0. The van der Waals surface area contributed by atoms with E-state index in [1.54, 1.807) is 45.0 Å². The van der Waals surface area contributed by atoms with Gasteiger partial charge in [0.15, 0.2) is 0 Å². The van der Waals surface area contributed by atoms with Crippen molar-refractivity contribution in [2.45, 2.75) is 43.1 Å². The Balaban J connectivity index is 2.25. The maximum atomic E-state index is 12.7. The van der Waals surface area contributed by atoms with Gasteiger partial charge in [-0.05, 0) is 52.9 Å². The highest BCUT2D eigenvalue weighted by molar-refractivity contribution is 7.90. The van der Waals surface area contributed by atoms with Gasteiger partial charge in [-0.1, -0.05) is 35.4 Å². The molecule has 2 rings (SSSR count). The highest BCUT2D eigenvalue weighted by Crippen LogP contribution is 2.19. The lowest BCUT2D eigenvalue weighted by atomic mass is 10.2. The fraction of sp³-hybridized carbons (Fsp3) is 0.316. The summed E-state index contributed by atoms with van der Waals surface area (Å²) in [4.78, 5) is 11.8. The molecule has 0 heterocycles. The first-order valence-corrected chi connectivity index (χ1v) is 13.2. The lowest BCUT2D eigenvalue weighted by Crippen LogP contribution is -2.55.